The van der Waals surface area contributed by atoms with Crippen LogP contribution < -0.4 is 10.1 Å². The third kappa shape index (κ3) is 2.58. The maximum absolute atomic E-state index is 11.1. The molecule has 21 heavy (non-hydrogen) atoms. The van der Waals surface area contributed by atoms with Gasteiger partial charge in [0.1, 0.15) is 5.75 Å². The first-order valence-corrected chi connectivity index (χ1v) is 6.57. The van der Waals surface area contributed by atoms with E-state index in [1.54, 1.807) is 7.11 Å². The van der Waals surface area contributed by atoms with Crippen molar-refractivity contribution < 1.29 is 9.53 Å². The van der Waals surface area contributed by atoms with E-state index in [2.05, 4.69) is 15.5 Å². The summed E-state index contributed by atoms with van der Waals surface area (Å²) in [7, 11) is 1.65. The SMILES string of the molecule is COc1cccc(-c2ccc3c(NC(C)=O)n[nH]c3c2)c1. The van der Waals surface area contributed by atoms with Gasteiger partial charge in [-0.2, -0.15) is 5.10 Å². The average molecular weight is 281 g/mol. The zero-order valence-corrected chi connectivity index (χ0v) is 11.8. The number of nitrogens with one attached hydrogen (secondary N) is 2. The second-order valence-electron chi connectivity index (χ2n) is 4.75. The molecule has 0 aliphatic rings. The van der Waals surface area contributed by atoms with Crippen molar-refractivity contribution in [1.29, 1.82) is 0 Å². The molecular formula is C16H15N3O2. The van der Waals surface area contributed by atoms with Gasteiger partial charge in [-0.1, -0.05) is 18.2 Å². The van der Waals surface area contributed by atoms with Gasteiger partial charge in [-0.15, -0.1) is 0 Å². The molecule has 0 unspecified atom stereocenters. The normalized spacial score (nSPS) is 10.6. The molecular weight excluding hydrogens is 266 g/mol. The summed E-state index contributed by atoms with van der Waals surface area (Å²) in [4.78, 5) is 11.1. The van der Waals surface area contributed by atoms with Gasteiger partial charge >= 0.3 is 0 Å². The standard InChI is InChI=1S/C16H15N3O2/c1-10(20)17-16-14-7-6-12(9-15(14)18-19-16)11-4-3-5-13(8-11)21-2/h3-9H,1-2H3,(H2,17,18,19,20). The van der Waals surface area contributed by atoms with Gasteiger partial charge in [0.2, 0.25) is 5.91 Å². The van der Waals surface area contributed by atoms with Crippen molar-refractivity contribution in [3.8, 4) is 16.9 Å². The number of carbonyl (C=O) groups excluding carboxylic acids is 1. The molecule has 0 fully saturated rings. The highest BCUT2D eigenvalue weighted by atomic mass is 16.5. The molecule has 1 heterocycles. The van der Waals surface area contributed by atoms with Gasteiger partial charge in [-0.3, -0.25) is 9.89 Å². The zero-order chi connectivity index (χ0) is 14.8. The molecule has 1 aromatic heterocycles. The Balaban J connectivity index is 2.03. The number of ether oxygens (including phenoxy) is 1. The molecule has 2 N–H and O–H groups in total. The van der Waals surface area contributed by atoms with E-state index in [9.17, 15) is 4.79 Å². The molecule has 0 saturated heterocycles. The molecule has 0 spiro atoms. The van der Waals surface area contributed by atoms with Crippen molar-refractivity contribution in [3.63, 3.8) is 0 Å². The predicted molar refractivity (Wildman–Crippen MR) is 82.4 cm³/mol. The van der Waals surface area contributed by atoms with Crippen LogP contribution in [0.15, 0.2) is 42.5 Å². The minimum atomic E-state index is -0.139. The second kappa shape index (κ2) is 5.28. The van der Waals surface area contributed by atoms with Crippen LogP contribution >= 0.6 is 0 Å². The van der Waals surface area contributed by atoms with Gasteiger partial charge in [0.25, 0.3) is 0 Å². The van der Waals surface area contributed by atoms with E-state index >= 15 is 0 Å². The first kappa shape index (κ1) is 13.2. The van der Waals surface area contributed by atoms with E-state index in [0.717, 1.165) is 27.8 Å². The molecule has 5 nitrogen and oxygen atoms in total. The molecule has 0 radical (unpaired) electrons. The van der Waals surface area contributed by atoms with E-state index in [0.29, 0.717) is 5.82 Å². The predicted octanol–water partition coefficient (Wildman–Crippen LogP) is 3.20. The van der Waals surface area contributed by atoms with E-state index in [1.165, 1.54) is 6.92 Å². The topological polar surface area (TPSA) is 67.0 Å². The minimum Gasteiger partial charge on any atom is -0.497 e. The molecule has 0 aliphatic carbocycles. The summed E-state index contributed by atoms with van der Waals surface area (Å²) >= 11 is 0. The fraction of sp³-hybridized carbons (Fsp3) is 0.125. The summed E-state index contributed by atoms with van der Waals surface area (Å²) in [6, 6.07) is 13.8. The molecule has 0 saturated carbocycles. The third-order valence-corrected chi connectivity index (χ3v) is 3.26. The number of aromatic nitrogens is 2. The number of amides is 1. The van der Waals surface area contributed by atoms with Gasteiger partial charge in [0.05, 0.1) is 12.6 Å². The lowest BCUT2D eigenvalue weighted by atomic mass is 10.0. The van der Waals surface area contributed by atoms with Crippen molar-refractivity contribution in [2.24, 2.45) is 0 Å². The number of hydrogen-bond donors (Lipinski definition) is 2. The maximum atomic E-state index is 11.1. The lowest BCUT2D eigenvalue weighted by molar-refractivity contribution is -0.114. The molecule has 0 aliphatic heterocycles. The number of nitrogens with zero attached hydrogens (tertiary/aromatic N) is 1. The fourth-order valence-electron chi connectivity index (χ4n) is 2.26. The van der Waals surface area contributed by atoms with Gasteiger partial charge in [0, 0.05) is 12.3 Å². The highest BCUT2D eigenvalue weighted by Gasteiger charge is 2.08. The molecule has 3 aromatic rings. The number of carbonyl (C=O) groups is 1. The number of H-pyrrole nitrogens is 1. The molecule has 1 amide bonds. The van der Waals surface area contributed by atoms with Crippen LogP contribution in [-0.2, 0) is 4.79 Å². The van der Waals surface area contributed by atoms with Crippen molar-refractivity contribution in [2.75, 3.05) is 12.4 Å². The quantitative estimate of drug-likeness (QED) is 0.774. The number of fused-ring (bicyclic) bond motifs is 1. The molecule has 2 aromatic carbocycles. The average Bonchev–Trinajstić information content (AvgIpc) is 2.89. The number of rotatable bonds is 3. The first-order chi connectivity index (χ1) is 10.2. The Labute approximate surface area is 121 Å². The maximum Gasteiger partial charge on any atom is 0.222 e. The first-order valence-electron chi connectivity index (χ1n) is 6.57. The van der Waals surface area contributed by atoms with Gasteiger partial charge in [-0.25, -0.2) is 0 Å². The highest BCUT2D eigenvalue weighted by Crippen LogP contribution is 2.28. The third-order valence-electron chi connectivity index (χ3n) is 3.26. The molecule has 106 valence electrons. The Morgan fingerprint density at radius 1 is 1.19 bits per heavy atom. The number of methoxy groups -OCH3 is 1. The van der Waals surface area contributed by atoms with E-state index < -0.39 is 0 Å². The minimum absolute atomic E-state index is 0.139. The Bertz CT molecular complexity index is 808. The van der Waals surface area contributed by atoms with Gasteiger partial charge in [0.15, 0.2) is 5.82 Å². The Kier molecular flexibility index (Phi) is 3.31. The molecule has 3 rings (SSSR count). The highest BCUT2D eigenvalue weighted by molar-refractivity contribution is 5.99. The fourth-order valence-corrected chi connectivity index (χ4v) is 2.26. The van der Waals surface area contributed by atoms with Crippen LogP contribution in [0, 0.1) is 0 Å². The Hall–Kier alpha value is -2.82. The van der Waals surface area contributed by atoms with Crippen LogP contribution in [0.2, 0.25) is 0 Å². The summed E-state index contributed by atoms with van der Waals surface area (Å²) in [6.07, 6.45) is 0. The number of benzene rings is 2. The smallest absolute Gasteiger partial charge is 0.222 e. The van der Waals surface area contributed by atoms with Crippen molar-refractivity contribution in [2.45, 2.75) is 6.92 Å². The summed E-state index contributed by atoms with van der Waals surface area (Å²) < 4.78 is 5.24. The van der Waals surface area contributed by atoms with Crippen molar-refractivity contribution >= 4 is 22.6 Å². The van der Waals surface area contributed by atoms with Crippen molar-refractivity contribution in [3.05, 3.63) is 42.5 Å². The van der Waals surface area contributed by atoms with Crippen LogP contribution in [0.1, 0.15) is 6.92 Å². The van der Waals surface area contributed by atoms with Crippen LogP contribution in [0.5, 0.6) is 5.75 Å². The van der Waals surface area contributed by atoms with E-state index in [-0.39, 0.29) is 5.91 Å². The van der Waals surface area contributed by atoms with Crippen LogP contribution in [0.3, 0.4) is 0 Å². The van der Waals surface area contributed by atoms with Crippen LogP contribution in [0.25, 0.3) is 22.0 Å². The Morgan fingerprint density at radius 2 is 2.00 bits per heavy atom. The second-order valence-corrected chi connectivity index (χ2v) is 4.75. The Morgan fingerprint density at radius 3 is 2.76 bits per heavy atom. The van der Waals surface area contributed by atoms with E-state index in [4.69, 9.17) is 4.74 Å². The molecule has 5 heteroatoms. The van der Waals surface area contributed by atoms with Crippen LogP contribution in [-0.4, -0.2) is 23.2 Å². The molecule has 0 atom stereocenters. The lowest BCUT2D eigenvalue weighted by Crippen LogP contribution is -2.06. The largest absolute Gasteiger partial charge is 0.497 e. The lowest BCUT2D eigenvalue weighted by Gasteiger charge is -2.05. The summed E-state index contributed by atoms with van der Waals surface area (Å²) in [6.45, 7) is 1.46. The molecule has 0 bridgehead atoms. The number of aromatic amines is 1. The van der Waals surface area contributed by atoms with Crippen molar-refractivity contribution in [1.82, 2.24) is 10.2 Å². The summed E-state index contributed by atoms with van der Waals surface area (Å²) in [5.74, 6) is 1.23. The number of hydrogen-bond acceptors (Lipinski definition) is 3. The summed E-state index contributed by atoms with van der Waals surface area (Å²) in [5, 5.41) is 10.6. The van der Waals surface area contributed by atoms with Gasteiger partial charge < -0.3 is 10.1 Å². The monoisotopic (exact) mass is 281 g/mol. The van der Waals surface area contributed by atoms with E-state index in [1.807, 2.05) is 42.5 Å². The number of anilines is 1. The summed E-state index contributed by atoms with van der Waals surface area (Å²) in [5.41, 5.74) is 2.99. The zero-order valence-electron chi connectivity index (χ0n) is 11.8. The van der Waals surface area contributed by atoms with Gasteiger partial charge in [-0.05, 0) is 35.4 Å². The van der Waals surface area contributed by atoms with Crippen LogP contribution in [0.4, 0.5) is 5.82 Å².